The summed E-state index contributed by atoms with van der Waals surface area (Å²) in [6.07, 6.45) is 1.99. The number of hydrogen-bond acceptors (Lipinski definition) is 4. The molecule has 134 valence electrons. The van der Waals surface area contributed by atoms with E-state index in [4.69, 9.17) is 4.74 Å². The maximum absolute atomic E-state index is 12.9. The van der Waals surface area contributed by atoms with Gasteiger partial charge in [-0.2, -0.15) is 0 Å². The summed E-state index contributed by atoms with van der Waals surface area (Å²) >= 11 is 1.55. The molecule has 0 bridgehead atoms. The summed E-state index contributed by atoms with van der Waals surface area (Å²) in [4.78, 5) is 19.0. The van der Waals surface area contributed by atoms with Gasteiger partial charge < -0.3 is 9.64 Å². The van der Waals surface area contributed by atoms with Gasteiger partial charge in [-0.25, -0.2) is 9.37 Å². The van der Waals surface area contributed by atoms with Crippen LogP contribution in [0.2, 0.25) is 0 Å². The molecule has 1 amide bonds. The number of ether oxygens (including phenoxy) is 1. The van der Waals surface area contributed by atoms with Crippen molar-refractivity contribution in [2.24, 2.45) is 5.92 Å². The molecular weight excluding hydrogens is 339 g/mol. The molecule has 25 heavy (non-hydrogen) atoms. The molecule has 1 aromatic carbocycles. The van der Waals surface area contributed by atoms with Crippen LogP contribution in [-0.4, -0.2) is 35.5 Å². The van der Waals surface area contributed by atoms with Crippen molar-refractivity contribution in [3.8, 4) is 5.75 Å². The van der Waals surface area contributed by atoms with Crippen molar-refractivity contribution in [1.29, 1.82) is 0 Å². The molecule has 0 saturated carbocycles. The van der Waals surface area contributed by atoms with Crippen molar-refractivity contribution in [3.63, 3.8) is 0 Å². The minimum Gasteiger partial charge on any atom is -0.493 e. The number of benzene rings is 1. The van der Waals surface area contributed by atoms with Crippen LogP contribution in [0.3, 0.4) is 0 Å². The Morgan fingerprint density at radius 2 is 2.16 bits per heavy atom. The fraction of sp³-hybridized carbons (Fsp3) is 0.474. The van der Waals surface area contributed by atoms with Gasteiger partial charge in [0.25, 0.3) is 5.91 Å². The highest BCUT2D eigenvalue weighted by atomic mass is 32.1. The van der Waals surface area contributed by atoms with Gasteiger partial charge in [-0.3, -0.25) is 4.79 Å². The molecule has 1 saturated heterocycles. The first-order chi connectivity index (χ1) is 12.0. The zero-order chi connectivity index (χ0) is 17.8. The van der Waals surface area contributed by atoms with E-state index in [1.807, 2.05) is 10.3 Å². The maximum Gasteiger partial charge on any atom is 0.273 e. The van der Waals surface area contributed by atoms with Crippen molar-refractivity contribution >= 4 is 17.2 Å². The van der Waals surface area contributed by atoms with Crippen molar-refractivity contribution in [2.45, 2.75) is 32.6 Å². The molecular formula is C19H23FN2O2S. The number of amides is 1. The number of nitrogens with zero attached hydrogens (tertiary/aromatic N) is 2. The predicted octanol–water partition coefficient (Wildman–Crippen LogP) is 4.34. The Kier molecular flexibility index (Phi) is 5.68. The molecule has 2 aromatic rings. The van der Waals surface area contributed by atoms with E-state index in [1.165, 1.54) is 12.1 Å². The average Bonchev–Trinajstić information content (AvgIpc) is 3.11. The lowest BCUT2D eigenvalue weighted by Crippen LogP contribution is -2.41. The Bertz CT molecular complexity index is 714. The summed E-state index contributed by atoms with van der Waals surface area (Å²) < 4.78 is 18.7. The third-order valence-electron chi connectivity index (χ3n) is 4.34. The highest BCUT2D eigenvalue weighted by molar-refractivity contribution is 7.09. The van der Waals surface area contributed by atoms with Gasteiger partial charge in [0.1, 0.15) is 17.3 Å². The fourth-order valence-corrected chi connectivity index (χ4v) is 3.75. The molecule has 0 radical (unpaired) electrons. The van der Waals surface area contributed by atoms with E-state index in [9.17, 15) is 9.18 Å². The molecule has 1 aliphatic rings. The molecule has 2 heterocycles. The van der Waals surface area contributed by atoms with E-state index in [1.54, 1.807) is 23.5 Å². The quantitative estimate of drug-likeness (QED) is 0.795. The number of carbonyl (C=O) groups is 1. The van der Waals surface area contributed by atoms with Crippen LogP contribution in [0.5, 0.6) is 5.75 Å². The largest absolute Gasteiger partial charge is 0.493 e. The topological polar surface area (TPSA) is 42.4 Å². The zero-order valence-electron chi connectivity index (χ0n) is 14.6. The van der Waals surface area contributed by atoms with Crippen LogP contribution in [-0.2, 0) is 0 Å². The lowest BCUT2D eigenvalue weighted by atomic mass is 9.98. The van der Waals surface area contributed by atoms with Crippen LogP contribution in [0.4, 0.5) is 4.39 Å². The Hall–Kier alpha value is -1.95. The van der Waals surface area contributed by atoms with Crippen molar-refractivity contribution in [1.82, 2.24) is 9.88 Å². The number of thiazole rings is 1. The molecule has 1 aromatic heterocycles. The molecule has 3 rings (SSSR count). The Morgan fingerprint density at radius 3 is 2.84 bits per heavy atom. The van der Waals surface area contributed by atoms with Crippen LogP contribution in [0.25, 0.3) is 0 Å². The number of piperidine rings is 1. The van der Waals surface area contributed by atoms with Crippen LogP contribution in [0, 0.1) is 11.7 Å². The second-order valence-corrected chi connectivity index (χ2v) is 7.64. The second-order valence-electron chi connectivity index (χ2n) is 6.75. The lowest BCUT2D eigenvalue weighted by molar-refractivity contribution is 0.0628. The minimum absolute atomic E-state index is 0.00892. The Morgan fingerprint density at radius 1 is 1.40 bits per heavy atom. The minimum atomic E-state index is -0.272. The second kappa shape index (κ2) is 7.95. The van der Waals surface area contributed by atoms with E-state index >= 15 is 0 Å². The van der Waals surface area contributed by atoms with Gasteiger partial charge in [0.15, 0.2) is 0 Å². The van der Waals surface area contributed by atoms with Crippen LogP contribution < -0.4 is 4.74 Å². The van der Waals surface area contributed by atoms with Crippen LogP contribution in [0.1, 0.15) is 48.1 Å². The number of aromatic nitrogens is 1. The summed E-state index contributed by atoms with van der Waals surface area (Å²) in [5, 5.41) is 2.85. The summed E-state index contributed by atoms with van der Waals surface area (Å²) in [6, 6.07) is 6.04. The Labute approximate surface area is 151 Å². The highest BCUT2D eigenvalue weighted by Crippen LogP contribution is 2.23. The molecule has 1 fully saturated rings. The van der Waals surface area contributed by atoms with Gasteiger partial charge in [-0.05, 0) is 37.1 Å². The number of hydrogen-bond donors (Lipinski definition) is 0. The van der Waals surface area contributed by atoms with Crippen molar-refractivity contribution in [2.75, 3.05) is 19.7 Å². The van der Waals surface area contributed by atoms with Gasteiger partial charge >= 0.3 is 0 Å². The molecule has 0 spiro atoms. The normalized spacial score (nSPS) is 17.8. The van der Waals surface area contributed by atoms with E-state index in [-0.39, 0.29) is 17.6 Å². The molecule has 0 N–H and O–H groups in total. The van der Waals surface area contributed by atoms with Gasteiger partial charge in [-0.1, -0.05) is 13.8 Å². The van der Waals surface area contributed by atoms with Gasteiger partial charge in [0.2, 0.25) is 0 Å². The third-order valence-corrected chi connectivity index (χ3v) is 5.49. The molecule has 1 atom stereocenters. The first-order valence-corrected chi connectivity index (χ1v) is 9.54. The maximum atomic E-state index is 12.9. The van der Waals surface area contributed by atoms with Crippen LogP contribution >= 0.6 is 11.3 Å². The van der Waals surface area contributed by atoms with Gasteiger partial charge in [0, 0.05) is 30.3 Å². The number of likely N-dealkylation sites (tertiary alicyclic amines) is 1. The number of rotatable bonds is 5. The monoisotopic (exact) mass is 362 g/mol. The van der Waals surface area contributed by atoms with E-state index in [0.29, 0.717) is 30.5 Å². The van der Waals surface area contributed by atoms with Gasteiger partial charge in [0.05, 0.1) is 11.6 Å². The summed E-state index contributed by atoms with van der Waals surface area (Å²) in [5.41, 5.74) is 0.550. The van der Waals surface area contributed by atoms with Crippen molar-refractivity contribution in [3.05, 3.63) is 46.2 Å². The smallest absolute Gasteiger partial charge is 0.273 e. The molecule has 4 nitrogen and oxygen atoms in total. The van der Waals surface area contributed by atoms with Gasteiger partial charge in [-0.15, -0.1) is 11.3 Å². The molecule has 1 aliphatic heterocycles. The first-order valence-electron chi connectivity index (χ1n) is 8.66. The van der Waals surface area contributed by atoms with E-state index in [0.717, 1.165) is 24.4 Å². The SMILES string of the molecule is CC(C)c1nc(C(=O)N2CCC[C@@H](COc3ccc(F)cc3)C2)cs1. The average molecular weight is 362 g/mol. The lowest BCUT2D eigenvalue weighted by Gasteiger charge is -2.32. The van der Waals surface area contributed by atoms with E-state index in [2.05, 4.69) is 18.8 Å². The standard InChI is InChI=1S/C19H23FN2O2S/c1-13(2)18-21-17(12-25-18)19(23)22-9-3-4-14(10-22)11-24-16-7-5-15(20)6-8-16/h5-8,12-14H,3-4,9-11H2,1-2H3/t14-/m1/s1. The van der Waals surface area contributed by atoms with Crippen molar-refractivity contribution < 1.29 is 13.9 Å². The molecule has 6 heteroatoms. The zero-order valence-corrected chi connectivity index (χ0v) is 15.4. The highest BCUT2D eigenvalue weighted by Gasteiger charge is 2.26. The first kappa shape index (κ1) is 17.9. The van der Waals surface area contributed by atoms with E-state index < -0.39 is 0 Å². The summed E-state index contributed by atoms with van der Waals surface area (Å²) in [5.74, 6) is 1.02. The number of carbonyl (C=O) groups excluding carboxylic acids is 1. The summed E-state index contributed by atoms with van der Waals surface area (Å²) in [6.45, 7) is 6.13. The molecule has 0 unspecified atom stereocenters. The van der Waals surface area contributed by atoms with Crippen LogP contribution in [0.15, 0.2) is 29.6 Å². The Balaban J connectivity index is 1.56. The number of halogens is 1. The summed E-state index contributed by atoms with van der Waals surface area (Å²) in [7, 11) is 0. The third kappa shape index (κ3) is 4.57. The molecule has 0 aliphatic carbocycles. The predicted molar refractivity (Wildman–Crippen MR) is 96.7 cm³/mol. The fourth-order valence-electron chi connectivity index (χ4n) is 2.94.